The Kier molecular flexibility index (Phi) is 20.3. The molecule has 20 fully saturated rings. The maximum atomic E-state index is 9.67. The zero-order valence-electron chi connectivity index (χ0n) is 47.3. The van der Waals surface area contributed by atoms with Crippen LogP contribution < -0.4 is 24.3 Å². The molecule has 20 aliphatic rings. The van der Waals surface area contributed by atoms with E-state index in [1.54, 1.807) is 0 Å². The molecule has 0 amide bonds. The van der Waals surface area contributed by atoms with Crippen LogP contribution in [0.3, 0.4) is 0 Å². The third-order valence-corrected chi connectivity index (χ3v) is 26.0. The van der Waals surface area contributed by atoms with Gasteiger partial charge in [0.2, 0.25) is 12.7 Å². The summed E-state index contributed by atoms with van der Waals surface area (Å²) in [6.45, 7) is 2.00. The van der Waals surface area contributed by atoms with Crippen LogP contribution in [0.25, 0.3) is 0 Å². The fourth-order valence-electron chi connectivity index (χ4n) is 23.8. The molecular formula is C59H81B2Cl6F8N5O3. The molecule has 0 spiro atoms. The third-order valence-electron chi connectivity index (χ3n) is 24.0. The van der Waals surface area contributed by atoms with Gasteiger partial charge in [0.1, 0.15) is 28.9 Å². The number of rotatable bonds is 5. The van der Waals surface area contributed by atoms with Gasteiger partial charge in [-0.25, -0.2) is 18.3 Å². The van der Waals surface area contributed by atoms with Crippen LogP contribution >= 0.6 is 69.6 Å². The first kappa shape index (κ1) is 66.1. The first-order valence-corrected chi connectivity index (χ1v) is 32.9. The van der Waals surface area contributed by atoms with E-state index >= 15 is 0 Å². The molecule has 20 aliphatic carbocycles. The molecule has 0 radical (unpaired) electrons. The van der Waals surface area contributed by atoms with Crippen molar-refractivity contribution in [2.24, 2.45) is 94.5 Å². The van der Waals surface area contributed by atoms with Gasteiger partial charge in [0, 0.05) is 5.54 Å². The van der Waals surface area contributed by atoms with Crippen molar-refractivity contribution in [1.29, 1.82) is 0 Å². The summed E-state index contributed by atoms with van der Waals surface area (Å²) in [7, 11) is -7.33. The van der Waals surface area contributed by atoms with Crippen LogP contribution in [0.4, 0.5) is 25.9 Å². The van der Waals surface area contributed by atoms with Crippen molar-refractivity contribution in [2.75, 3.05) is 0 Å². The number of hydrogen-bond donors (Lipinski definition) is 1. The fourth-order valence-corrected chi connectivity index (χ4v) is 25.0. The van der Waals surface area contributed by atoms with Gasteiger partial charge in [-0.15, -0.1) is 0 Å². The van der Waals surface area contributed by atoms with E-state index in [9.17, 15) is 35.5 Å². The van der Waals surface area contributed by atoms with Gasteiger partial charge in [-0.2, -0.15) is 0 Å². The summed E-state index contributed by atoms with van der Waals surface area (Å²) in [5, 5.41) is 1.08. The zero-order chi connectivity index (χ0) is 57.7. The molecule has 0 aromatic carbocycles. The van der Waals surface area contributed by atoms with Crippen LogP contribution in [0.5, 0.6) is 0 Å². The van der Waals surface area contributed by atoms with Gasteiger partial charge in [0.15, 0.2) is 0 Å². The Morgan fingerprint density at radius 3 is 0.747 bits per heavy atom. The molecule has 2 aromatic heterocycles. The van der Waals surface area contributed by atoms with E-state index in [-0.39, 0.29) is 31.6 Å². The lowest BCUT2D eigenvalue weighted by Gasteiger charge is -2.55. The van der Waals surface area contributed by atoms with Crippen molar-refractivity contribution in [3.05, 3.63) is 33.3 Å². The van der Waals surface area contributed by atoms with Gasteiger partial charge in [0.25, 0.3) is 20.6 Å². The van der Waals surface area contributed by atoms with Crippen molar-refractivity contribution < 1.29 is 58.8 Å². The molecule has 0 aliphatic heterocycles. The molecule has 2 heterocycles. The fraction of sp³-hybridized carbons (Fsp3) is 0.847. The van der Waals surface area contributed by atoms with Gasteiger partial charge in [-0.3, -0.25) is 35.5 Å². The molecule has 0 saturated heterocycles. The van der Waals surface area contributed by atoms with E-state index in [4.69, 9.17) is 56.9 Å². The number of imidazole rings is 2. The highest BCUT2D eigenvalue weighted by atomic mass is 35.5. The van der Waals surface area contributed by atoms with E-state index in [2.05, 4.69) is 54.1 Å². The number of hydrogen-bond acceptors (Lipinski definition) is 4. The Bertz CT molecular complexity index is 2190. The van der Waals surface area contributed by atoms with Gasteiger partial charge in [0.05, 0.1) is 0 Å². The number of nitrogens with two attached hydrogens (primary N) is 1. The van der Waals surface area contributed by atoms with Crippen molar-refractivity contribution >= 4 is 102 Å². The maximum Gasteiger partial charge on any atom is 0.762 e. The van der Waals surface area contributed by atoms with E-state index in [0.717, 1.165) is 109 Å². The summed E-state index contributed by atoms with van der Waals surface area (Å²) < 4.78 is 67.9. The number of carbonyl (C=O) groups is 3. The minimum absolute atomic E-state index is 0. The van der Waals surface area contributed by atoms with Crippen molar-refractivity contribution in [1.82, 2.24) is 9.13 Å². The van der Waals surface area contributed by atoms with Crippen LogP contribution in [-0.2, 0) is 36.5 Å². The zero-order valence-corrected chi connectivity index (χ0v) is 51.8. The van der Waals surface area contributed by atoms with Crippen molar-refractivity contribution in [3.8, 4) is 0 Å². The van der Waals surface area contributed by atoms with Gasteiger partial charge < -0.3 is 19.9 Å². The van der Waals surface area contributed by atoms with Gasteiger partial charge in [-0.1, -0.05) is 0 Å². The molecule has 20 saturated carbocycles. The molecule has 24 heteroatoms. The lowest BCUT2D eigenvalue weighted by atomic mass is 9.52. The molecular weight excluding hydrogens is 1210 g/mol. The monoisotopic (exact) mass is 1290 g/mol. The van der Waals surface area contributed by atoms with Crippen LogP contribution in [0, 0.1) is 88.8 Å². The Morgan fingerprint density at radius 1 is 0.410 bits per heavy atom. The van der Waals surface area contributed by atoms with Gasteiger partial charge >= 0.3 is 25.6 Å². The summed E-state index contributed by atoms with van der Waals surface area (Å²) >= 11 is 37.0. The highest BCUT2D eigenvalue weighted by Gasteiger charge is 2.62. The van der Waals surface area contributed by atoms with Gasteiger partial charge in [-0.05, 0) is 351 Å². The summed E-state index contributed by atoms with van der Waals surface area (Å²) in [5.41, 5.74) is 7.69. The van der Waals surface area contributed by atoms with E-state index in [1.807, 2.05) is 6.79 Å². The average Bonchev–Trinajstić information content (AvgIpc) is 1.84. The predicted octanol–water partition coefficient (Wildman–Crippen LogP) is 9.88. The largest absolute Gasteiger partial charge is 1.00 e. The molecule has 83 heavy (non-hydrogen) atoms. The minimum Gasteiger partial charge on any atom is -1.00 e. The van der Waals surface area contributed by atoms with E-state index in [1.165, 1.54) is 193 Å². The first-order valence-electron chi connectivity index (χ1n) is 30.7. The van der Waals surface area contributed by atoms with Crippen molar-refractivity contribution in [3.63, 3.8) is 0 Å². The second-order valence-corrected chi connectivity index (χ2v) is 31.9. The molecule has 464 valence electrons. The summed E-state index contributed by atoms with van der Waals surface area (Å²) in [6, 6.07) is 0. The normalized spacial score (nSPS) is 43.1. The molecule has 0 unspecified atom stereocenters. The average molecular weight is 1290 g/mol. The second kappa shape index (κ2) is 25.5. The maximum absolute atomic E-state index is 9.67. The Morgan fingerprint density at radius 2 is 0.578 bits per heavy atom. The SMILES string of the molecule is C=O.Clc1c(Cl)[n+](C23CC4CC(CC(C4)C2)C3)cn1C12CC3CC(CC(C3)C1)C2.Clc1c(Cl)[n+](C23CC4CC(CC(C4)C2)C3)cn1C12CC3CC(CC(C3)C1)C2.FB(F)F.FB(F)F.NC12CC3CC(CC(C3)C1)C2.O=C(Cl)C(=O)Cl.[F-].[F-]. The molecule has 20 bridgehead atoms. The lowest BCUT2D eigenvalue weighted by Crippen LogP contribution is -3.00. The van der Waals surface area contributed by atoms with Crippen LogP contribution in [-0.4, -0.2) is 47.0 Å². The molecule has 2 aromatic rings. The summed E-state index contributed by atoms with van der Waals surface area (Å²) in [5.74, 6) is 14.2. The van der Waals surface area contributed by atoms with Crippen LogP contribution in [0.1, 0.15) is 193 Å². The Labute approximate surface area is 515 Å². The quantitative estimate of drug-likeness (QED) is 0.106. The topological polar surface area (TPSA) is 94.8 Å². The second-order valence-electron chi connectivity index (χ2n) is 29.8. The Balaban J connectivity index is 0.000000138. The van der Waals surface area contributed by atoms with Crippen LogP contribution in [0.15, 0.2) is 12.7 Å². The van der Waals surface area contributed by atoms with E-state index < -0.39 is 25.6 Å². The number of nitrogens with zero attached hydrogens (tertiary/aromatic N) is 4. The molecule has 2 N–H and O–H groups in total. The number of halogens is 14. The third kappa shape index (κ3) is 13.3. The number of aromatic nitrogens is 4. The molecule has 0 atom stereocenters. The summed E-state index contributed by atoms with van der Waals surface area (Å²) in [6.07, 6.45) is 47.1. The highest BCUT2D eigenvalue weighted by molar-refractivity contribution is 6.97. The minimum atomic E-state index is -3.67. The smallest absolute Gasteiger partial charge is 0.762 e. The predicted molar refractivity (Wildman–Crippen MR) is 306 cm³/mol. The standard InChI is InChI=1S/2C23H31Cl2N2.C10H17N.C2Cl2O2.CH2O.2BF3.2FH/c2*24-20-21(25)27(23-10-17-4-18(11-23)6-19(5-17)12-23)13-26(20)22-7-14-1-15(8-22)3-16(2-14)9-22;11-10-4-7-1-8(5-10)3-9(2-7)6-10;3-1(5)2(4)6;1-2;2*2-1(3)4;;/h2*13-19H,1-12H2;7-9H,1-6,11H2;;1H2;;;2*1H/q2*+1;;;;;;;/p-2. The number of carbonyl (C=O) groups excluding carboxylic acids is 3. The first-order chi connectivity index (χ1) is 38.4. The Hall–Kier alpha value is -1.30. The molecule has 22 rings (SSSR count). The lowest BCUT2D eigenvalue weighted by molar-refractivity contribution is -0.774. The molecule has 8 nitrogen and oxygen atoms in total. The van der Waals surface area contributed by atoms with Crippen LogP contribution in [0.2, 0.25) is 20.6 Å². The van der Waals surface area contributed by atoms with Crippen molar-refractivity contribution in [2.45, 2.75) is 220 Å². The summed E-state index contributed by atoms with van der Waals surface area (Å²) in [4.78, 5) is 26.9. The highest BCUT2D eigenvalue weighted by Crippen LogP contribution is 2.64. The van der Waals surface area contributed by atoms with E-state index in [0.29, 0.717) is 5.54 Å².